The van der Waals surface area contributed by atoms with Crippen molar-refractivity contribution in [3.05, 3.63) is 65.5 Å². The average Bonchev–Trinajstić information content (AvgIpc) is 2.81. The van der Waals surface area contributed by atoms with E-state index in [2.05, 4.69) is 17.2 Å². The molecule has 3 rings (SSSR count). The molecule has 0 saturated carbocycles. The SMILES string of the molecule is CCCCC(=O)N(CC#Cc1ccc(C(=O)N2CCNCC2)cc1)c1cccc(F)c1. The molecule has 1 heterocycles. The van der Waals surface area contributed by atoms with Crippen molar-refractivity contribution in [1.82, 2.24) is 10.2 Å². The van der Waals surface area contributed by atoms with Crippen molar-refractivity contribution in [2.45, 2.75) is 26.2 Å². The second kappa shape index (κ2) is 11.3. The first-order chi connectivity index (χ1) is 15.1. The Labute approximate surface area is 183 Å². The number of carbonyl (C=O) groups excluding carboxylic acids is 2. The minimum atomic E-state index is -0.386. The molecule has 0 aromatic heterocycles. The molecule has 2 amide bonds. The lowest BCUT2D eigenvalue weighted by molar-refractivity contribution is -0.118. The molecule has 2 aromatic rings. The summed E-state index contributed by atoms with van der Waals surface area (Å²) in [4.78, 5) is 28.5. The minimum Gasteiger partial charge on any atom is -0.336 e. The summed E-state index contributed by atoms with van der Waals surface area (Å²) < 4.78 is 13.7. The highest BCUT2D eigenvalue weighted by molar-refractivity contribution is 5.94. The Balaban J connectivity index is 1.68. The zero-order valence-corrected chi connectivity index (χ0v) is 17.9. The van der Waals surface area contributed by atoms with Gasteiger partial charge in [-0.25, -0.2) is 4.39 Å². The molecule has 0 spiro atoms. The van der Waals surface area contributed by atoms with Gasteiger partial charge in [0.15, 0.2) is 0 Å². The van der Waals surface area contributed by atoms with E-state index in [-0.39, 0.29) is 24.2 Å². The van der Waals surface area contributed by atoms with Crippen LogP contribution in [0.2, 0.25) is 0 Å². The van der Waals surface area contributed by atoms with E-state index < -0.39 is 0 Å². The quantitative estimate of drug-likeness (QED) is 0.727. The number of unbranched alkanes of at least 4 members (excludes halogenated alkanes) is 1. The van der Waals surface area contributed by atoms with E-state index in [0.717, 1.165) is 31.5 Å². The Morgan fingerprint density at radius 3 is 2.55 bits per heavy atom. The molecular formula is C25H28FN3O2. The number of amides is 2. The number of halogens is 1. The van der Waals surface area contributed by atoms with Gasteiger partial charge in [0, 0.05) is 49.4 Å². The summed E-state index contributed by atoms with van der Waals surface area (Å²) >= 11 is 0. The van der Waals surface area contributed by atoms with Crippen LogP contribution in [0.15, 0.2) is 48.5 Å². The number of carbonyl (C=O) groups is 2. The number of rotatable bonds is 6. The number of hydrogen-bond acceptors (Lipinski definition) is 3. The van der Waals surface area contributed by atoms with Gasteiger partial charge in [0.05, 0.1) is 6.54 Å². The maximum atomic E-state index is 13.7. The molecule has 1 N–H and O–H groups in total. The maximum Gasteiger partial charge on any atom is 0.253 e. The van der Waals surface area contributed by atoms with E-state index in [4.69, 9.17) is 0 Å². The molecule has 31 heavy (non-hydrogen) atoms. The van der Waals surface area contributed by atoms with Crippen LogP contribution in [0.5, 0.6) is 0 Å². The highest BCUT2D eigenvalue weighted by Gasteiger charge is 2.17. The molecule has 2 aromatic carbocycles. The first kappa shape index (κ1) is 22.5. The highest BCUT2D eigenvalue weighted by atomic mass is 19.1. The first-order valence-electron chi connectivity index (χ1n) is 10.7. The monoisotopic (exact) mass is 421 g/mol. The number of nitrogens with one attached hydrogen (secondary N) is 1. The van der Waals surface area contributed by atoms with E-state index in [1.165, 1.54) is 17.0 Å². The lowest BCUT2D eigenvalue weighted by Crippen LogP contribution is -2.46. The fraction of sp³-hybridized carbons (Fsp3) is 0.360. The van der Waals surface area contributed by atoms with Gasteiger partial charge in [-0.1, -0.05) is 31.3 Å². The van der Waals surface area contributed by atoms with E-state index >= 15 is 0 Å². The smallest absolute Gasteiger partial charge is 0.253 e. The number of nitrogens with zero attached hydrogens (tertiary/aromatic N) is 2. The number of benzene rings is 2. The van der Waals surface area contributed by atoms with Crippen LogP contribution in [0, 0.1) is 17.7 Å². The van der Waals surface area contributed by atoms with Crippen LogP contribution in [0.25, 0.3) is 0 Å². The van der Waals surface area contributed by atoms with Crippen LogP contribution in [0.4, 0.5) is 10.1 Å². The van der Waals surface area contributed by atoms with E-state index in [0.29, 0.717) is 30.8 Å². The lowest BCUT2D eigenvalue weighted by Gasteiger charge is -2.27. The summed E-state index contributed by atoms with van der Waals surface area (Å²) in [6.45, 7) is 5.25. The second-order valence-electron chi connectivity index (χ2n) is 7.48. The van der Waals surface area contributed by atoms with Crippen LogP contribution in [-0.2, 0) is 4.79 Å². The number of anilines is 1. The van der Waals surface area contributed by atoms with Crippen molar-refractivity contribution in [2.75, 3.05) is 37.6 Å². The van der Waals surface area contributed by atoms with Gasteiger partial charge in [-0.15, -0.1) is 0 Å². The van der Waals surface area contributed by atoms with Crippen molar-refractivity contribution < 1.29 is 14.0 Å². The van der Waals surface area contributed by atoms with Gasteiger partial charge in [-0.05, 0) is 48.9 Å². The van der Waals surface area contributed by atoms with Crippen LogP contribution < -0.4 is 10.2 Å². The number of hydrogen-bond donors (Lipinski definition) is 1. The molecule has 1 aliphatic rings. The zero-order valence-electron chi connectivity index (χ0n) is 17.9. The molecule has 0 radical (unpaired) electrons. The predicted molar refractivity (Wildman–Crippen MR) is 120 cm³/mol. The number of piperazine rings is 1. The van der Waals surface area contributed by atoms with Crippen LogP contribution in [0.1, 0.15) is 42.1 Å². The molecule has 0 bridgehead atoms. The van der Waals surface area contributed by atoms with Crippen molar-refractivity contribution in [3.8, 4) is 11.8 Å². The summed E-state index contributed by atoms with van der Waals surface area (Å²) in [5.74, 6) is 5.63. The predicted octanol–water partition coefficient (Wildman–Crippen LogP) is 3.45. The molecule has 5 nitrogen and oxygen atoms in total. The molecular weight excluding hydrogens is 393 g/mol. The van der Waals surface area contributed by atoms with Crippen molar-refractivity contribution in [3.63, 3.8) is 0 Å². The second-order valence-corrected chi connectivity index (χ2v) is 7.48. The van der Waals surface area contributed by atoms with Crippen LogP contribution in [0.3, 0.4) is 0 Å². The van der Waals surface area contributed by atoms with E-state index in [9.17, 15) is 14.0 Å². The average molecular weight is 422 g/mol. The van der Waals surface area contributed by atoms with Gasteiger partial charge in [-0.3, -0.25) is 9.59 Å². The molecule has 6 heteroatoms. The van der Waals surface area contributed by atoms with Gasteiger partial charge in [-0.2, -0.15) is 0 Å². The molecule has 0 atom stereocenters. The Hall–Kier alpha value is -3.17. The van der Waals surface area contributed by atoms with Crippen molar-refractivity contribution in [2.24, 2.45) is 0 Å². The van der Waals surface area contributed by atoms with Gasteiger partial charge in [0.2, 0.25) is 5.91 Å². The Kier molecular flexibility index (Phi) is 8.19. The third kappa shape index (κ3) is 6.40. The maximum absolute atomic E-state index is 13.7. The fourth-order valence-electron chi connectivity index (χ4n) is 3.40. The summed E-state index contributed by atoms with van der Waals surface area (Å²) in [5, 5.41) is 3.24. The van der Waals surface area contributed by atoms with E-state index in [1.54, 1.807) is 24.3 Å². The standard InChI is InChI=1S/C25H28FN3O2/c1-2-3-9-24(30)29(23-8-4-7-22(26)19-23)16-5-6-20-10-12-21(13-11-20)25(31)28-17-14-27-15-18-28/h4,7-8,10-13,19,27H,2-3,9,14-18H2,1H3. The third-order valence-corrected chi connectivity index (χ3v) is 5.17. The molecule has 1 aliphatic heterocycles. The zero-order chi connectivity index (χ0) is 22.1. The summed E-state index contributed by atoms with van der Waals surface area (Å²) in [6, 6.07) is 13.2. The highest BCUT2D eigenvalue weighted by Crippen LogP contribution is 2.17. The largest absolute Gasteiger partial charge is 0.336 e. The fourth-order valence-corrected chi connectivity index (χ4v) is 3.40. The summed E-state index contributed by atoms with van der Waals surface area (Å²) in [7, 11) is 0. The van der Waals surface area contributed by atoms with Crippen LogP contribution >= 0.6 is 0 Å². The molecule has 0 aliphatic carbocycles. The third-order valence-electron chi connectivity index (χ3n) is 5.17. The Morgan fingerprint density at radius 1 is 1.13 bits per heavy atom. The minimum absolute atomic E-state index is 0.0276. The summed E-state index contributed by atoms with van der Waals surface area (Å²) in [5.41, 5.74) is 1.91. The molecule has 1 fully saturated rings. The molecule has 1 saturated heterocycles. The lowest BCUT2D eigenvalue weighted by atomic mass is 10.1. The van der Waals surface area contributed by atoms with Crippen molar-refractivity contribution in [1.29, 1.82) is 0 Å². The van der Waals surface area contributed by atoms with Gasteiger partial charge < -0.3 is 15.1 Å². The Morgan fingerprint density at radius 2 is 1.87 bits per heavy atom. The van der Waals surface area contributed by atoms with Gasteiger partial charge >= 0.3 is 0 Å². The molecule has 0 unspecified atom stereocenters. The van der Waals surface area contributed by atoms with Gasteiger partial charge in [0.25, 0.3) is 5.91 Å². The van der Waals surface area contributed by atoms with Gasteiger partial charge in [0.1, 0.15) is 5.82 Å². The molecule has 162 valence electrons. The van der Waals surface area contributed by atoms with Crippen molar-refractivity contribution >= 4 is 17.5 Å². The van der Waals surface area contributed by atoms with E-state index in [1.807, 2.05) is 24.0 Å². The first-order valence-corrected chi connectivity index (χ1v) is 10.7. The normalized spacial score (nSPS) is 13.3. The Bertz CT molecular complexity index is 957. The summed E-state index contributed by atoms with van der Waals surface area (Å²) in [6.07, 6.45) is 2.09. The topological polar surface area (TPSA) is 52.7 Å². The van der Waals surface area contributed by atoms with Crippen LogP contribution in [-0.4, -0.2) is 49.4 Å².